The average molecular weight is 998 g/mol. The first-order chi connectivity index (χ1) is 35.6. The minimum absolute atomic E-state index is 0.0851. The Kier molecular flexibility index (Phi) is 58.4. The highest BCUT2D eigenvalue weighted by molar-refractivity contribution is 5.70. The largest absolute Gasteiger partial charge is 0.462 e. The lowest BCUT2D eigenvalue weighted by atomic mass is 10.0. The molecule has 0 aliphatic rings. The van der Waals surface area contributed by atoms with E-state index in [2.05, 4.69) is 135 Å². The number of esters is 2. The van der Waals surface area contributed by atoms with Crippen molar-refractivity contribution in [2.24, 2.45) is 0 Å². The molecule has 5 nitrogen and oxygen atoms in total. The molecule has 0 aliphatic carbocycles. The number of aliphatic hydroxyl groups is 1. The van der Waals surface area contributed by atoms with Crippen molar-refractivity contribution in [3.05, 3.63) is 122 Å². The van der Waals surface area contributed by atoms with E-state index in [4.69, 9.17) is 9.47 Å². The normalized spacial score (nSPS) is 13.1. The maximum atomic E-state index is 12.3. The summed E-state index contributed by atoms with van der Waals surface area (Å²) < 4.78 is 10.7. The van der Waals surface area contributed by atoms with Gasteiger partial charge in [-0.25, -0.2) is 0 Å². The fourth-order valence-electron chi connectivity index (χ4n) is 8.25. The van der Waals surface area contributed by atoms with E-state index in [0.29, 0.717) is 12.8 Å². The van der Waals surface area contributed by atoms with Crippen LogP contribution in [0.4, 0.5) is 0 Å². The smallest absolute Gasteiger partial charge is 0.306 e. The van der Waals surface area contributed by atoms with Crippen LogP contribution in [0.25, 0.3) is 0 Å². The van der Waals surface area contributed by atoms with Crippen molar-refractivity contribution < 1.29 is 24.2 Å². The van der Waals surface area contributed by atoms with Gasteiger partial charge < -0.3 is 14.6 Å². The number of rotatable bonds is 54. The van der Waals surface area contributed by atoms with Gasteiger partial charge in [-0.1, -0.05) is 270 Å². The fourth-order valence-corrected chi connectivity index (χ4v) is 8.25. The molecule has 1 unspecified atom stereocenters. The van der Waals surface area contributed by atoms with Crippen LogP contribution in [0, 0.1) is 0 Å². The maximum Gasteiger partial charge on any atom is 0.306 e. The second-order valence-electron chi connectivity index (χ2n) is 19.7. The van der Waals surface area contributed by atoms with E-state index in [1.807, 2.05) is 0 Å². The Morgan fingerprint density at radius 2 is 0.597 bits per heavy atom. The fraction of sp³-hybridized carbons (Fsp3) is 0.672. The molecule has 0 aromatic carbocycles. The molecule has 0 saturated carbocycles. The summed E-state index contributed by atoms with van der Waals surface area (Å²) in [6, 6.07) is 0. The van der Waals surface area contributed by atoms with Crippen LogP contribution in [0.1, 0.15) is 271 Å². The van der Waals surface area contributed by atoms with E-state index in [0.717, 1.165) is 103 Å². The van der Waals surface area contributed by atoms with Gasteiger partial charge in [-0.15, -0.1) is 0 Å². The highest BCUT2D eigenvalue weighted by Gasteiger charge is 2.16. The predicted molar refractivity (Wildman–Crippen MR) is 315 cm³/mol. The molecule has 0 radical (unpaired) electrons. The number of ether oxygens (including phenoxy) is 2. The summed E-state index contributed by atoms with van der Waals surface area (Å²) in [6.07, 6.45) is 90.4. The quantitative estimate of drug-likeness (QED) is 0.0373. The first-order valence-corrected chi connectivity index (χ1v) is 30.1. The Morgan fingerprint density at radius 3 is 0.917 bits per heavy atom. The van der Waals surface area contributed by atoms with E-state index >= 15 is 0 Å². The summed E-state index contributed by atoms with van der Waals surface area (Å²) in [5, 5.41) is 9.66. The average Bonchev–Trinajstić information content (AvgIpc) is 3.38. The van der Waals surface area contributed by atoms with Crippen LogP contribution in [0.2, 0.25) is 0 Å². The summed E-state index contributed by atoms with van der Waals surface area (Å²) in [4.78, 5) is 24.5. The van der Waals surface area contributed by atoms with Gasteiger partial charge in [0.2, 0.25) is 0 Å². The molecule has 0 rings (SSSR count). The standard InChI is InChI=1S/C67H112O5/c1-3-5-7-9-11-13-15-17-19-21-23-25-27-29-30-31-32-33-34-35-36-38-39-41-43-45-47-49-51-53-55-57-59-61-66(69)71-64-65(63-68)72-67(70)62-60-58-56-54-52-50-48-46-44-42-40-37-28-26-24-22-20-18-16-14-12-10-8-6-4-2/h6,8,12,14-15,17-18,20-21,23-24,26-27,29,37,40,44,46,50,52,65,68H,3-5,7,9-11,13,16,19,22,25,28,30-36,38-39,41-43,45,47-49,51,53-64H2,1-2H3/b8-6-,14-12-,17-15-,20-18-,23-21-,26-24-,29-27-,40-37-,46-44-,52-50-. The van der Waals surface area contributed by atoms with Gasteiger partial charge in [0.15, 0.2) is 6.10 Å². The van der Waals surface area contributed by atoms with Crippen LogP contribution < -0.4 is 0 Å². The Balaban J connectivity index is 3.54. The molecule has 0 aliphatic heterocycles. The van der Waals surface area contributed by atoms with Gasteiger partial charge in [-0.2, -0.15) is 0 Å². The molecule has 0 amide bonds. The topological polar surface area (TPSA) is 72.8 Å². The first-order valence-electron chi connectivity index (χ1n) is 30.1. The van der Waals surface area contributed by atoms with Crippen LogP contribution in [0.15, 0.2) is 122 Å². The summed E-state index contributed by atoms with van der Waals surface area (Å²) in [6.45, 7) is 4.00. The minimum atomic E-state index is -0.799. The number of carbonyl (C=O) groups excluding carboxylic acids is 2. The first kappa shape index (κ1) is 68.3. The SMILES string of the molecule is CC/C=C\C/C=C\C/C=C\C/C=C\C/C=C\C/C=C\C/C=C\CCCCCC(=O)OC(CO)COC(=O)CCCCCCCCCCCCCCCCCCCC/C=C\C/C=C\C/C=C\CCCCCCC. The molecule has 72 heavy (non-hydrogen) atoms. The lowest BCUT2D eigenvalue weighted by Gasteiger charge is -2.15. The molecular weight excluding hydrogens is 885 g/mol. The zero-order chi connectivity index (χ0) is 52.0. The molecule has 1 atom stereocenters. The zero-order valence-electron chi connectivity index (χ0n) is 46.9. The third kappa shape index (κ3) is 58.9. The number of unbranched alkanes of at least 4 members (excludes halogenated alkanes) is 26. The van der Waals surface area contributed by atoms with Crippen LogP contribution in [-0.4, -0.2) is 36.4 Å². The Morgan fingerprint density at radius 1 is 0.333 bits per heavy atom. The number of carbonyl (C=O) groups is 2. The van der Waals surface area contributed by atoms with Gasteiger partial charge in [0.05, 0.1) is 6.61 Å². The Hall–Kier alpha value is -3.70. The molecule has 1 N–H and O–H groups in total. The number of aliphatic hydroxyl groups excluding tert-OH is 1. The summed E-state index contributed by atoms with van der Waals surface area (Å²) in [5.41, 5.74) is 0. The van der Waals surface area contributed by atoms with E-state index < -0.39 is 6.10 Å². The molecule has 0 aromatic rings. The van der Waals surface area contributed by atoms with Gasteiger partial charge in [0.1, 0.15) is 6.61 Å². The molecule has 0 saturated heterocycles. The Labute approximate surface area is 445 Å². The number of allylic oxidation sites excluding steroid dienone is 20. The highest BCUT2D eigenvalue weighted by atomic mass is 16.6. The second-order valence-corrected chi connectivity index (χ2v) is 19.7. The third-order valence-corrected chi connectivity index (χ3v) is 12.7. The van der Waals surface area contributed by atoms with Gasteiger partial charge >= 0.3 is 11.9 Å². The van der Waals surface area contributed by atoms with Crippen molar-refractivity contribution >= 4 is 11.9 Å². The Bertz CT molecular complexity index is 1450. The van der Waals surface area contributed by atoms with Crippen molar-refractivity contribution in [1.29, 1.82) is 0 Å². The van der Waals surface area contributed by atoms with Crippen LogP contribution in [0.3, 0.4) is 0 Å². The van der Waals surface area contributed by atoms with E-state index in [9.17, 15) is 14.7 Å². The van der Waals surface area contributed by atoms with Crippen LogP contribution in [-0.2, 0) is 19.1 Å². The minimum Gasteiger partial charge on any atom is -0.462 e. The van der Waals surface area contributed by atoms with Gasteiger partial charge in [0, 0.05) is 12.8 Å². The monoisotopic (exact) mass is 997 g/mol. The summed E-state index contributed by atoms with van der Waals surface area (Å²) in [5.74, 6) is -0.629. The molecule has 5 heteroatoms. The summed E-state index contributed by atoms with van der Waals surface area (Å²) >= 11 is 0. The second kappa shape index (κ2) is 61.6. The molecule has 0 aromatic heterocycles. The highest BCUT2D eigenvalue weighted by Crippen LogP contribution is 2.16. The zero-order valence-corrected chi connectivity index (χ0v) is 46.9. The van der Waals surface area contributed by atoms with Crippen molar-refractivity contribution in [2.45, 2.75) is 277 Å². The lowest BCUT2D eigenvalue weighted by Crippen LogP contribution is -2.28. The van der Waals surface area contributed by atoms with Gasteiger partial charge in [-0.05, 0) is 109 Å². The van der Waals surface area contributed by atoms with E-state index in [1.165, 1.54) is 141 Å². The number of hydrogen-bond donors (Lipinski definition) is 1. The predicted octanol–water partition coefficient (Wildman–Crippen LogP) is 20.6. The van der Waals surface area contributed by atoms with E-state index in [1.54, 1.807) is 0 Å². The molecule has 0 fully saturated rings. The molecule has 410 valence electrons. The molecule has 0 heterocycles. The van der Waals surface area contributed by atoms with Crippen molar-refractivity contribution in [1.82, 2.24) is 0 Å². The maximum absolute atomic E-state index is 12.3. The lowest BCUT2D eigenvalue weighted by molar-refractivity contribution is -0.161. The van der Waals surface area contributed by atoms with Crippen molar-refractivity contribution in [2.75, 3.05) is 13.2 Å². The van der Waals surface area contributed by atoms with Crippen LogP contribution in [0.5, 0.6) is 0 Å². The van der Waals surface area contributed by atoms with Gasteiger partial charge in [-0.3, -0.25) is 9.59 Å². The molecule has 0 bridgehead atoms. The van der Waals surface area contributed by atoms with Crippen molar-refractivity contribution in [3.63, 3.8) is 0 Å². The third-order valence-electron chi connectivity index (χ3n) is 12.7. The molecular formula is C67H112O5. The van der Waals surface area contributed by atoms with E-state index in [-0.39, 0.29) is 25.2 Å². The number of hydrogen-bond acceptors (Lipinski definition) is 5. The van der Waals surface area contributed by atoms with Gasteiger partial charge in [0.25, 0.3) is 0 Å². The van der Waals surface area contributed by atoms with Crippen LogP contribution >= 0.6 is 0 Å². The van der Waals surface area contributed by atoms with Crippen molar-refractivity contribution in [3.8, 4) is 0 Å². The molecule has 0 spiro atoms. The summed E-state index contributed by atoms with van der Waals surface area (Å²) in [7, 11) is 0.